The van der Waals surface area contributed by atoms with E-state index in [1.165, 1.54) is 0 Å². The number of ether oxygens (including phenoxy) is 1. The van der Waals surface area contributed by atoms with Gasteiger partial charge in [-0.15, -0.1) is 0 Å². The molecule has 6 nitrogen and oxygen atoms in total. The number of aromatic nitrogens is 4. The van der Waals surface area contributed by atoms with Gasteiger partial charge in [-0.2, -0.15) is 0 Å². The Bertz CT molecular complexity index is 807. The number of fused-ring (bicyclic) bond motifs is 1. The number of aromatic amines is 2. The molecule has 3 aromatic rings. The molecule has 0 fully saturated rings. The molecule has 0 aliphatic heterocycles. The van der Waals surface area contributed by atoms with Crippen LogP contribution >= 0.6 is 22.6 Å². The maximum absolute atomic E-state index is 11.9. The van der Waals surface area contributed by atoms with E-state index in [1.807, 2.05) is 46.9 Å². The molecule has 0 aliphatic rings. The van der Waals surface area contributed by atoms with Gasteiger partial charge in [-0.3, -0.25) is 4.79 Å². The lowest BCUT2D eigenvalue weighted by molar-refractivity contribution is 0.180. The van der Waals surface area contributed by atoms with Crippen LogP contribution in [0.25, 0.3) is 11.0 Å². The fourth-order valence-corrected chi connectivity index (χ4v) is 2.53. The number of imidazole rings is 1. The molecule has 1 aromatic carbocycles. The van der Waals surface area contributed by atoms with Crippen LogP contribution in [-0.2, 0) is 17.8 Å². The van der Waals surface area contributed by atoms with Crippen molar-refractivity contribution in [1.29, 1.82) is 0 Å². The van der Waals surface area contributed by atoms with Crippen molar-refractivity contribution in [2.45, 2.75) is 13.0 Å². The lowest BCUT2D eigenvalue weighted by atomic mass is 10.3. The number of halogens is 1. The fourth-order valence-electron chi connectivity index (χ4n) is 2.12. The predicted molar refractivity (Wildman–Crippen MR) is 87.2 cm³/mol. The summed E-state index contributed by atoms with van der Waals surface area (Å²) in [5, 5.41) is 0. The first-order valence-electron chi connectivity index (χ1n) is 6.37. The molecule has 2 heterocycles. The molecule has 2 N–H and O–H groups in total. The summed E-state index contributed by atoms with van der Waals surface area (Å²) in [6, 6.07) is 7.79. The highest BCUT2D eigenvalue weighted by Crippen LogP contribution is 2.13. The second kappa shape index (κ2) is 5.94. The average Bonchev–Trinajstić information content (AvgIpc) is 2.86. The maximum atomic E-state index is 11.9. The molecule has 0 spiro atoms. The van der Waals surface area contributed by atoms with Gasteiger partial charge in [-0.1, -0.05) is 12.1 Å². The lowest BCUT2D eigenvalue weighted by Crippen LogP contribution is -2.19. The van der Waals surface area contributed by atoms with Gasteiger partial charge in [0.2, 0.25) is 0 Å². The van der Waals surface area contributed by atoms with Gasteiger partial charge in [0, 0.05) is 7.11 Å². The monoisotopic (exact) mass is 396 g/mol. The van der Waals surface area contributed by atoms with Crippen molar-refractivity contribution in [3.05, 3.63) is 55.5 Å². The lowest BCUT2D eigenvalue weighted by Gasteiger charge is -2.04. The summed E-state index contributed by atoms with van der Waals surface area (Å²) >= 11 is 1.98. The fraction of sp³-hybridized carbons (Fsp3) is 0.214. The van der Waals surface area contributed by atoms with Crippen molar-refractivity contribution in [1.82, 2.24) is 19.9 Å². The molecule has 21 heavy (non-hydrogen) atoms. The molecule has 2 aromatic heterocycles. The van der Waals surface area contributed by atoms with E-state index in [1.54, 1.807) is 7.11 Å². The van der Waals surface area contributed by atoms with Crippen molar-refractivity contribution < 1.29 is 4.74 Å². The van der Waals surface area contributed by atoms with Gasteiger partial charge in [-0.25, -0.2) is 9.97 Å². The molecule has 0 aliphatic carbocycles. The van der Waals surface area contributed by atoms with Gasteiger partial charge < -0.3 is 14.7 Å². The highest BCUT2D eigenvalue weighted by atomic mass is 127. The third-order valence-electron chi connectivity index (χ3n) is 3.03. The Balaban J connectivity index is 1.95. The molecular formula is C14H13IN4O2. The summed E-state index contributed by atoms with van der Waals surface area (Å²) in [5.41, 5.74) is 2.37. The highest BCUT2D eigenvalue weighted by Gasteiger charge is 2.11. The summed E-state index contributed by atoms with van der Waals surface area (Å²) < 4.78 is 5.63. The highest BCUT2D eigenvalue weighted by molar-refractivity contribution is 14.1. The van der Waals surface area contributed by atoms with Crippen molar-refractivity contribution in [3.63, 3.8) is 0 Å². The molecule has 3 rings (SSSR count). The minimum atomic E-state index is -0.149. The van der Waals surface area contributed by atoms with E-state index in [-0.39, 0.29) is 5.56 Å². The summed E-state index contributed by atoms with van der Waals surface area (Å²) in [5.74, 6) is 1.34. The Morgan fingerprint density at radius 2 is 1.95 bits per heavy atom. The Kier molecular flexibility index (Phi) is 4.02. The van der Waals surface area contributed by atoms with E-state index < -0.39 is 0 Å². The number of H-pyrrole nitrogens is 2. The van der Waals surface area contributed by atoms with Crippen LogP contribution in [0.3, 0.4) is 0 Å². The normalized spacial score (nSPS) is 11.1. The predicted octanol–water partition coefficient (Wildman–Crippen LogP) is 1.99. The van der Waals surface area contributed by atoms with Crippen LogP contribution in [0.4, 0.5) is 0 Å². The Morgan fingerprint density at radius 1 is 1.19 bits per heavy atom. The minimum Gasteiger partial charge on any atom is -0.378 e. The van der Waals surface area contributed by atoms with E-state index in [0.29, 0.717) is 28.1 Å². The second-order valence-electron chi connectivity index (χ2n) is 4.58. The average molecular weight is 396 g/mol. The van der Waals surface area contributed by atoms with Crippen LogP contribution in [0.15, 0.2) is 29.1 Å². The first-order valence-corrected chi connectivity index (χ1v) is 7.45. The minimum absolute atomic E-state index is 0.149. The molecule has 0 saturated carbocycles. The van der Waals surface area contributed by atoms with Crippen molar-refractivity contribution in [2.24, 2.45) is 0 Å². The number of methoxy groups -OCH3 is 1. The Hall–Kier alpha value is -1.74. The maximum Gasteiger partial charge on any atom is 0.264 e. The molecule has 0 radical (unpaired) electrons. The molecule has 0 saturated heterocycles. The van der Waals surface area contributed by atoms with Gasteiger partial charge in [0.15, 0.2) is 0 Å². The van der Waals surface area contributed by atoms with E-state index >= 15 is 0 Å². The van der Waals surface area contributed by atoms with Gasteiger partial charge >= 0.3 is 0 Å². The first kappa shape index (κ1) is 14.2. The molecule has 0 bridgehead atoms. The number of hydrogen-bond acceptors (Lipinski definition) is 4. The molecule has 0 atom stereocenters. The number of hydrogen-bond donors (Lipinski definition) is 2. The second-order valence-corrected chi connectivity index (χ2v) is 5.66. The molecule has 0 amide bonds. The third kappa shape index (κ3) is 2.98. The van der Waals surface area contributed by atoms with Crippen molar-refractivity contribution in [3.8, 4) is 0 Å². The zero-order chi connectivity index (χ0) is 14.8. The number of nitrogens with zero attached hydrogens (tertiary/aromatic N) is 2. The Labute approximate surface area is 134 Å². The quantitative estimate of drug-likeness (QED) is 0.661. The molecule has 7 heteroatoms. The van der Waals surface area contributed by atoms with Crippen LogP contribution in [-0.4, -0.2) is 27.0 Å². The SMILES string of the molecule is COCc1nc(Cc2nc3ccccc3[nH]2)[nH]c(=O)c1I. The largest absolute Gasteiger partial charge is 0.378 e. The van der Waals surface area contributed by atoms with Crippen LogP contribution < -0.4 is 5.56 Å². The van der Waals surface area contributed by atoms with E-state index in [9.17, 15) is 4.79 Å². The summed E-state index contributed by atoms with van der Waals surface area (Å²) in [7, 11) is 1.58. The number of rotatable bonds is 4. The molecule has 0 unspecified atom stereocenters. The number of para-hydroxylation sites is 2. The first-order chi connectivity index (χ1) is 10.2. The zero-order valence-electron chi connectivity index (χ0n) is 11.3. The molecular weight excluding hydrogens is 383 g/mol. The van der Waals surface area contributed by atoms with Crippen molar-refractivity contribution in [2.75, 3.05) is 7.11 Å². The van der Waals surface area contributed by atoms with Gasteiger partial charge in [-0.05, 0) is 34.7 Å². The van der Waals surface area contributed by atoms with Gasteiger partial charge in [0.05, 0.1) is 29.8 Å². The Morgan fingerprint density at radius 3 is 2.71 bits per heavy atom. The standard InChI is InChI=1S/C14H13IN4O2/c1-21-7-10-13(15)14(20)19-12(18-10)6-11-16-8-4-2-3-5-9(8)17-11/h2-5H,6-7H2,1H3,(H,16,17)(H,18,19,20). The van der Waals surface area contributed by atoms with E-state index in [0.717, 1.165) is 16.9 Å². The third-order valence-corrected chi connectivity index (χ3v) is 4.15. The van der Waals surface area contributed by atoms with Crippen molar-refractivity contribution >= 4 is 33.6 Å². The summed E-state index contributed by atoms with van der Waals surface area (Å²) in [4.78, 5) is 26.8. The van der Waals surface area contributed by atoms with Gasteiger partial charge in [0.25, 0.3) is 5.56 Å². The zero-order valence-corrected chi connectivity index (χ0v) is 13.5. The summed E-state index contributed by atoms with van der Waals surface area (Å²) in [6.45, 7) is 0.315. The van der Waals surface area contributed by atoms with Gasteiger partial charge in [0.1, 0.15) is 15.2 Å². The van der Waals surface area contributed by atoms with Crippen LogP contribution in [0, 0.1) is 3.57 Å². The van der Waals surface area contributed by atoms with E-state index in [2.05, 4.69) is 19.9 Å². The smallest absolute Gasteiger partial charge is 0.264 e. The topological polar surface area (TPSA) is 83.7 Å². The molecule has 108 valence electrons. The van der Waals surface area contributed by atoms with E-state index in [4.69, 9.17) is 4.74 Å². The van der Waals surface area contributed by atoms with Crippen LogP contribution in [0.5, 0.6) is 0 Å². The number of nitrogens with one attached hydrogen (secondary N) is 2. The number of benzene rings is 1. The van der Waals surface area contributed by atoms with Crippen LogP contribution in [0.2, 0.25) is 0 Å². The summed E-state index contributed by atoms with van der Waals surface area (Å²) in [6.07, 6.45) is 0.442. The van der Waals surface area contributed by atoms with Crippen LogP contribution in [0.1, 0.15) is 17.3 Å².